The average Bonchev–Trinajstić information content (AvgIpc) is 2.90. The lowest BCUT2D eigenvalue weighted by Crippen LogP contribution is -2.64. The Balaban J connectivity index is 2.09. The Morgan fingerprint density at radius 2 is 1.54 bits per heavy atom. The fraction of sp³-hybridized carbons (Fsp3) is 0.950. The smallest absolute Gasteiger partial charge is 0.345 e. The summed E-state index contributed by atoms with van der Waals surface area (Å²) in [4.78, 5) is 24.9. The summed E-state index contributed by atoms with van der Waals surface area (Å²) in [6, 6.07) is -0.960. The van der Waals surface area contributed by atoms with Crippen LogP contribution in [0.2, 0.25) is 0 Å². The topological polar surface area (TPSA) is 232 Å². The molecule has 0 aromatic carbocycles. The molecule has 216 valence electrons. The van der Waals surface area contributed by atoms with Crippen molar-refractivity contribution in [1.29, 1.82) is 0 Å². The number of hydrogen-bond acceptors (Lipinski definition) is 14. The largest absolute Gasteiger partial charge is 0.394 e. The van der Waals surface area contributed by atoms with Crippen LogP contribution in [0.4, 0.5) is 4.79 Å². The minimum absolute atomic E-state index is 0.0165. The highest BCUT2D eigenvalue weighted by atomic mass is 35.5. The number of nitroso groups, excluding NO2 is 1. The zero-order valence-electron chi connectivity index (χ0n) is 20.2. The summed E-state index contributed by atoms with van der Waals surface area (Å²) in [5, 5.41) is 73.8. The third kappa shape index (κ3) is 7.65. The van der Waals surface area contributed by atoms with Crippen molar-refractivity contribution in [2.45, 2.75) is 55.1 Å². The molecule has 0 bridgehead atoms. The van der Waals surface area contributed by atoms with Crippen molar-refractivity contribution in [3.63, 3.8) is 0 Å². The van der Waals surface area contributed by atoms with Crippen LogP contribution >= 0.6 is 11.6 Å². The first-order chi connectivity index (χ1) is 17.7. The highest BCUT2D eigenvalue weighted by Gasteiger charge is 2.49. The number of aliphatic hydroxyl groups is 7. The molecule has 2 rings (SSSR count). The lowest BCUT2D eigenvalue weighted by atomic mass is 9.89. The lowest BCUT2D eigenvalue weighted by molar-refractivity contribution is -0.258. The van der Waals surface area contributed by atoms with E-state index in [2.05, 4.69) is 5.29 Å². The number of amides is 2. The van der Waals surface area contributed by atoms with Crippen molar-refractivity contribution in [1.82, 2.24) is 9.91 Å². The standard InChI is InChI=1S/C20H36ClN3O13/c1-34-5-4-23(20(32)24(22-33)3-2-21)19-18(31)14(27)10(11(6-25)37-19)8-35-9-13-16(29)17(30)15(28)12(7-26)36-13/h10-19,25-31H,2-9H2,1H3. The highest BCUT2D eigenvalue weighted by Crippen LogP contribution is 2.30. The van der Waals surface area contributed by atoms with Crippen LogP contribution in [0.3, 0.4) is 0 Å². The van der Waals surface area contributed by atoms with E-state index < -0.39 is 80.2 Å². The molecule has 2 amide bonds. The van der Waals surface area contributed by atoms with E-state index in [4.69, 9.17) is 30.5 Å². The van der Waals surface area contributed by atoms with E-state index in [1.807, 2.05) is 0 Å². The van der Waals surface area contributed by atoms with Gasteiger partial charge in [0.05, 0.1) is 57.1 Å². The third-order valence-electron chi connectivity index (χ3n) is 6.34. The molecular formula is C20H36ClN3O13. The Labute approximate surface area is 217 Å². The zero-order valence-corrected chi connectivity index (χ0v) is 21.0. The van der Waals surface area contributed by atoms with Crippen molar-refractivity contribution in [2.24, 2.45) is 11.2 Å². The van der Waals surface area contributed by atoms with E-state index in [9.17, 15) is 45.4 Å². The molecule has 0 spiro atoms. The van der Waals surface area contributed by atoms with Gasteiger partial charge >= 0.3 is 6.03 Å². The van der Waals surface area contributed by atoms with Crippen LogP contribution in [0.5, 0.6) is 0 Å². The second kappa shape index (κ2) is 15.3. The minimum Gasteiger partial charge on any atom is -0.394 e. The Hall–Kier alpha value is -1.28. The summed E-state index contributed by atoms with van der Waals surface area (Å²) in [6.45, 7) is -2.30. The number of halogens is 1. The number of nitrogens with zero attached hydrogens (tertiary/aromatic N) is 3. The maximum absolute atomic E-state index is 12.9. The molecule has 0 aromatic rings. The van der Waals surface area contributed by atoms with Crippen molar-refractivity contribution in [3.05, 3.63) is 4.91 Å². The summed E-state index contributed by atoms with van der Waals surface area (Å²) < 4.78 is 21.6. The average molecular weight is 562 g/mol. The minimum atomic E-state index is -1.70. The van der Waals surface area contributed by atoms with E-state index >= 15 is 0 Å². The summed E-state index contributed by atoms with van der Waals surface area (Å²) in [5.41, 5.74) is 0. The molecule has 37 heavy (non-hydrogen) atoms. The van der Waals surface area contributed by atoms with Crippen molar-refractivity contribution in [2.75, 3.05) is 59.1 Å². The predicted molar refractivity (Wildman–Crippen MR) is 123 cm³/mol. The predicted octanol–water partition coefficient (Wildman–Crippen LogP) is -3.81. The number of aliphatic hydroxyl groups excluding tert-OH is 7. The van der Waals surface area contributed by atoms with E-state index in [0.29, 0.717) is 5.01 Å². The number of hydrogen-bond donors (Lipinski definition) is 7. The number of carbonyl (C=O) groups is 1. The van der Waals surface area contributed by atoms with E-state index in [1.54, 1.807) is 0 Å². The van der Waals surface area contributed by atoms with Gasteiger partial charge < -0.3 is 54.7 Å². The van der Waals surface area contributed by atoms with Gasteiger partial charge in [-0.25, -0.2) is 4.79 Å². The lowest BCUT2D eigenvalue weighted by Gasteiger charge is -2.46. The normalized spacial score (nSPS) is 36.2. The molecule has 2 aliphatic rings. The molecule has 7 N–H and O–H groups in total. The monoisotopic (exact) mass is 561 g/mol. The number of carbonyl (C=O) groups excluding carboxylic acids is 1. The van der Waals surface area contributed by atoms with Gasteiger partial charge in [-0.05, 0) is 0 Å². The molecule has 10 unspecified atom stereocenters. The van der Waals surface area contributed by atoms with Crippen LogP contribution < -0.4 is 0 Å². The number of urea groups is 1. The van der Waals surface area contributed by atoms with Gasteiger partial charge in [0.15, 0.2) is 6.23 Å². The first kappa shape index (κ1) is 31.9. The van der Waals surface area contributed by atoms with Crippen LogP contribution in [0.15, 0.2) is 5.29 Å². The molecule has 17 heteroatoms. The number of alkyl halides is 1. The summed E-state index contributed by atoms with van der Waals surface area (Å²) in [7, 11) is 1.36. The fourth-order valence-corrected chi connectivity index (χ4v) is 4.36. The Morgan fingerprint density at radius 3 is 2.11 bits per heavy atom. The van der Waals surface area contributed by atoms with Crippen molar-refractivity contribution in [3.8, 4) is 0 Å². The Morgan fingerprint density at radius 1 is 0.892 bits per heavy atom. The third-order valence-corrected chi connectivity index (χ3v) is 6.51. The second-order valence-electron chi connectivity index (χ2n) is 8.66. The molecule has 16 nitrogen and oxygen atoms in total. The van der Waals surface area contributed by atoms with E-state index in [1.165, 1.54) is 7.11 Å². The van der Waals surface area contributed by atoms with Gasteiger partial charge in [-0.2, -0.15) is 5.01 Å². The quantitative estimate of drug-likeness (QED) is 0.0650. The maximum Gasteiger partial charge on any atom is 0.345 e. The van der Waals surface area contributed by atoms with Crippen LogP contribution in [-0.2, 0) is 18.9 Å². The molecule has 0 saturated carbocycles. The molecule has 0 aliphatic carbocycles. The molecule has 2 saturated heterocycles. The van der Waals surface area contributed by atoms with Crippen LogP contribution in [0, 0.1) is 10.8 Å². The molecule has 0 aromatic heterocycles. The number of methoxy groups -OCH3 is 1. The van der Waals surface area contributed by atoms with Gasteiger partial charge in [0.25, 0.3) is 0 Å². The van der Waals surface area contributed by atoms with E-state index in [0.717, 1.165) is 4.90 Å². The molecule has 2 fully saturated rings. The van der Waals surface area contributed by atoms with Crippen LogP contribution in [0.25, 0.3) is 0 Å². The van der Waals surface area contributed by atoms with Crippen LogP contribution in [-0.4, -0.2) is 166 Å². The molecule has 2 aliphatic heterocycles. The molecular weight excluding hydrogens is 526 g/mol. The number of rotatable bonds is 13. The Bertz CT molecular complexity index is 708. The van der Waals surface area contributed by atoms with Gasteiger partial charge in [-0.3, -0.25) is 4.90 Å². The maximum atomic E-state index is 12.9. The number of ether oxygens (including phenoxy) is 4. The SMILES string of the molecule is COCCN(C(=O)N(CCCl)N=O)C1OC(CO)C(COCC2OC(CO)C(O)C(O)C2O)C(O)C1O. The van der Waals surface area contributed by atoms with Crippen molar-refractivity contribution < 1.29 is 59.5 Å². The first-order valence-electron chi connectivity index (χ1n) is 11.6. The second-order valence-corrected chi connectivity index (χ2v) is 9.04. The summed E-state index contributed by atoms with van der Waals surface area (Å²) >= 11 is 5.61. The summed E-state index contributed by atoms with van der Waals surface area (Å²) in [5.74, 6) is -1.11. The fourth-order valence-electron chi connectivity index (χ4n) is 4.20. The first-order valence-corrected chi connectivity index (χ1v) is 12.2. The molecule has 2 heterocycles. The van der Waals surface area contributed by atoms with Crippen molar-refractivity contribution >= 4 is 17.6 Å². The highest BCUT2D eigenvalue weighted by molar-refractivity contribution is 6.18. The van der Waals surface area contributed by atoms with Gasteiger partial charge in [0.2, 0.25) is 0 Å². The zero-order chi connectivity index (χ0) is 27.7. The van der Waals surface area contributed by atoms with Gasteiger partial charge in [-0.15, -0.1) is 16.5 Å². The molecule has 10 atom stereocenters. The van der Waals surface area contributed by atoms with E-state index in [-0.39, 0.29) is 38.8 Å². The van der Waals surface area contributed by atoms with Gasteiger partial charge in [-0.1, -0.05) is 0 Å². The summed E-state index contributed by atoms with van der Waals surface area (Å²) in [6.07, 6.45) is -12.8. The van der Waals surface area contributed by atoms with Crippen LogP contribution in [0.1, 0.15) is 0 Å². The Kier molecular flexibility index (Phi) is 13.2. The van der Waals surface area contributed by atoms with Gasteiger partial charge in [0, 0.05) is 25.5 Å². The molecule has 0 radical (unpaired) electrons. The van der Waals surface area contributed by atoms with Gasteiger partial charge in [0.1, 0.15) is 36.6 Å².